The van der Waals surface area contributed by atoms with E-state index in [2.05, 4.69) is 0 Å². The largest absolute Gasteiger partial charge is 0.330 e. The molecule has 1 fully saturated rings. The summed E-state index contributed by atoms with van der Waals surface area (Å²) in [5.74, 6) is 0.928. The van der Waals surface area contributed by atoms with Gasteiger partial charge >= 0.3 is 0 Å². The third-order valence-corrected chi connectivity index (χ3v) is 2.44. The van der Waals surface area contributed by atoms with Crippen LogP contribution in [0.5, 0.6) is 0 Å². The molecule has 1 nitrogen and oxygen atoms in total. The summed E-state index contributed by atoms with van der Waals surface area (Å²) in [6.45, 7) is 0.604. The Morgan fingerprint density at radius 2 is 1.91 bits per heavy atom. The lowest BCUT2D eigenvalue weighted by atomic mass is 9.82. The molecule has 0 heterocycles. The van der Waals surface area contributed by atoms with Gasteiger partial charge in [-0.3, -0.25) is 4.39 Å². The maximum atomic E-state index is 12.1. The lowest BCUT2D eigenvalue weighted by Crippen LogP contribution is -2.23. The number of halogens is 2. The highest BCUT2D eigenvalue weighted by molar-refractivity contribution is 5.85. The Labute approximate surface area is 73.9 Å². The van der Waals surface area contributed by atoms with Gasteiger partial charge in [-0.2, -0.15) is 0 Å². The SMILES string of the molecule is Cl.NC[C@@H]1CCC[C@H](CF)C1. The molecule has 68 valence electrons. The van der Waals surface area contributed by atoms with Crippen LogP contribution in [-0.4, -0.2) is 13.2 Å². The molecule has 0 spiro atoms. The molecule has 0 amide bonds. The topological polar surface area (TPSA) is 26.0 Å². The van der Waals surface area contributed by atoms with Crippen molar-refractivity contribution in [3.63, 3.8) is 0 Å². The van der Waals surface area contributed by atoms with Crippen LogP contribution >= 0.6 is 12.4 Å². The summed E-state index contributed by atoms with van der Waals surface area (Å²) in [6, 6.07) is 0. The minimum absolute atomic E-state index is 0. The van der Waals surface area contributed by atoms with E-state index in [4.69, 9.17) is 5.73 Å². The van der Waals surface area contributed by atoms with Gasteiger partial charge in [-0.1, -0.05) is 6.42 Å². The fraction of sp³-hybridized carbons (Fsp3) is 1.00. The van der Waals surface area contributed by atoms with Crippen molar-refractivity contribution in [3.05, 3.63) is 0 Å². The molecule has 2 atom stereocenters. The van der Waals surface area contributed by atoms with E-state index in [0.29, 0.717) is 11.8 Å². The molecule has 0 aliphatic heterocycles. The Morgan fingerprint density at radius 1 is 1.27 bits per heavy atom. The smallest absolute Gasteiger partial charge is 0.0922 e. The second-order valence-corrected chi connectivity index (χ2v) is 3.29. The van der Waals surface area contributed by atoms with Crippen LogP contribution < -0.4 is 5.73 Å². The summed E-state index contributed by atoms with van der Waals surface area (Å²) in [7, 11) is 0. The summed E-state index contributed by atoms with van der Waals surface area (Å²) in [5.41, 5.74) is 5.50. The summed E-state index contributed by atoms with van der Waals surface area (Å²) in [6.07, 6.45) is 4.49. The third-order valence-electron chi connectivity index (χ3n) is 2.44. The summed E-state index contributed by atoms with van der Waals surface area (Å²) in [4.78, 5) is 0. The second-order valence-electron chi connectivity index (χ2n) is 3.29. The first-order chi connectivity index (χ1) is 4.86. The Balaban J connectivity index is 0.000001000. The van der Waals surface area contributed by atoms with Crippen LogP contribution in [0, 0.1) is 11.8 Å². The standard InChI is InChI=1S/C8H16FN.ClH/c9-5-7-2-1-3-8(4-7)6-10;/h7-8H,1-6,10H2;1H/t7-,8+;/m0./s1. The minimum atomic E-state index is -0.142. The molecule has 1 saturated carbocycles. The van der Waals surface area contributed by atoms with Crippen molar-refractivity contribution >= 4 is 12.4 Å². The van der Waals surface area contributed by atoms with Crippen LogP contribution in [0.3, 0.4) is 0 Å². The van der Waals surface area contributed by atoms with Crippen LogP contribution in [0.4, 0.5) is 4.39 Å². The van der Waals surface area contributed by atoms with Crippen LogP contribution in [0.2, 0.25) is 0 Å². The van der Waals surface area contributed by atoms with Gasteiger partial charge in [0.25, 0.3) is 0 Å². The quantitative estimate of drug-likeness (QED) is 0.694. The molecule has 0 unspecified atom stereocenters. The van der Waals surface area contributed by atoms with E-state index in [9.17, 15) is 4.39 Å². The number of hydrogen-bond donors (Lipinski definition) is 1. The van der Waals surface area contributed by atoms with Gasteiger partial charge in [0, 0.05) is 0 Å². The maximum Gasteiger partial charge on any atom is 0.0922 e. The van der Waals surface area contributed by atoms with E-state index < -0.39 is 0 Å². The van der Waals surface area contributed by atoms with Crippen molar-refractivity contribution in [3.8, 4) is 0 Å². The average Bonchev–Trinajstić information content (AvgIpc) is 2.05. The van der Waals surface area contributed by atoms with Gasteiger partial charge < -0.3 is 5.73 Å². The molecule has 0 aromatic heterocycles. The van der Waals surface area contributed by atoms with Crippen molar-refractivity contribution in [2.45, 2.75) is 25.7 Å². The molecule has 0 saturated heterocycles. The van der Waals surface area contributed by atoms with Crippen LogP contribution in [0.25, 0.3) is 0 Å². The summed E-state index contributed by atoms with van der Waals surface area (Å²) < 4.78 is 12.1. The number of hydrogen-bond acceptors (Lipinski definition) is 1. The van der Waals surface area contributed by atoms with Crippen molar-refractivity contribution in [2.24, 2.45) is 17.6 Å². The van der Waals surface area contributed by atoms with Crippen molar-refractivity contribution in [1.82, 2.24) is 0 Å². The first-order valence-corrected chi connectivity index (χ1v) is 4.12. The number of alkyl halides is 1. The van der Waals surface area contributed by atoms with Gasteiger partial charge in [0.1, 0.15) is 0 Å². The van der Waals surface area contributed by atoms with E-state index in [1.807, 2.05) is 0 Å². The first kappa shape index (κ1) is 11.2. The van der Waals surface area contributed by atoms with Crippen LogP contribution in [0.15, 0.2) is 0 Å². The normalized spacial score (nSPS) is 31.1. The molecule has 1 rings (SSSR count). The van der Waals surface area contributed by atoms with Crippen molar-refractivity contribution in [2.75, 3.05) is 13.2 Å². The van der Waals surface area contributed by atoms with E-state index in [-0.39, 0.29) is 19.1 Å². The highest BCUT2D eigenvalue weighted by Gasteiger charge is 2.20. The highest BCUT2D eigenvalue weighted by Crippen LogP contribution is 2.28. The predicted octanol–water partition coefficient (Wildman–Crippen LogP) is 2.14. The lowest BCUT2D eigenvalue weighted by Gasteiger charge is -2.25. The van der Waals surface area contributed by atoms with Crippen LogP contribution in [-0.2, 0) is 0 Å². The van der Waals surface area contributed by atoms with Gasteiger partial charge in [-0.05, 0) is 37.6 Å². The lowest BCUT2D eigenvalue weighted by molar-refractivity contribution is 0.226. The van der Waals surface area contributed by atoms with Gasteiger partial charge in [-0.15, -0.1) is 12.4 Å². The molecule has 1 aliphatic carbocycles. The van der Waals surface area contributed by atoms with Gasteiger partial charge in [0.05, 0.1) is 6.67 Å². The molecule has 3 heteroatoms. The maximum absolute atomic E-state index is 12.1. The first-order valence-electron chi connectivity index (χ1n) is 4.12. The van der Waals surface area contributed by atoms with Gasteiger partial charge in [-0.25, -0.2) is 0 Å². The van der Waals surface area contributed by atoms with E-state index in [1.54, 1.807) is 0 Å². The van der Waals surface area contributed by atoms with Gasteiger partial charge in [0.2, 0.25) is 0 Å². The zero-order chi connectivity index (χ0) is 7.40. The minimum Gasteiger partial charge on any atom is -0.330 e. The Kier molecular flexibility index (Phi) is 5.88. The predicted molar refractivity (Wildman–Crippen MR) is 47.7 cm³/mol. The monoisotopic (exact) mass is 181 g/mol. The molecule has 1 aliphatic rings. The average molecular weight is 182 g/mol. The fourth-order valence-electron chi connectivity index (χ4n) is 1.76. The van der Waals surface area contributed by atoms with Crippen molar-refractivity contribution in [1.29, 1.82) is 0 Å². The molecular formula is C8H17ClFN. The Hall–Kier alpha value is 0.180. The molecule has 11 heavy (non-hydrogen) atoms. The zero-order valence-corrected chi connectivity index (χ0v) is 7.58. The third kappa shape index (κ3) is 3.39. The Morgan fingerprint density at radius 3 is 2.45 bits per heavy atom. The van der Waals surface area contributed by atoms with Crippen molar-refractivity contribution < 1.29 is 4.39 Å². The van der Waals surface area contributed by atoms with E-state index in [1.165, 1.54) is 12.8 Å². The second kappa shape index (κ2) is 5.78. The molecule has 2 N–H and O–H groups in total. The van der Waals surface area contributed by atoms with Crippen LogP contribution in [0.1, 0.15) is 25.7 Å². The van der Waals surface area contributed by atoms with E-state index >= 15 is 0 Å². The molecule has 0 aromatic carbocycles. The van der Waals surface area contributed by atoms with E-state index in [0.717, 1.165) is 19.4 Å². The molecule has 0 aromatic rings. The molecular weight excluding hydrogens is 165 g/mol. The zero-order valence-electron chi connectivity index (χ0n) is 6.76. The number of rotatable bonds is 2. The highest BCUT2D eigenvalue weighted by atomic mass is 35.5. The van der Waals surface area contributed by atoms with Gasteiger partial charge in [0.15, 0.2) is 0 Å². The fourth-order valence-corrected chi connectivity index (χ4v) is 1.76. The molecule has 0 bridgehead atoms. The summed E-state index contributed by atoms with van der Waals surface area (Å²) in [5, 5.41) is 0. The summed E-state index contributed by atoms with van der Waals surface area (Å²) >= 11 is 0. The number of nitrogens with two attached hydrogens (primary N) is 1. The Bertz CT molecular complexity index is 90.1. The molecule has 0 radical (unpaired) electrons.